The molecule has 1 aliphatic rings. The van der Waals surface area contributed by atoms with Gasteiger partial charge in [0.05, 0.1) is 10.8 Å². The molecule has 0 aliphatic carbocycles. The van der Waals surface area contributed by atoms with Gasteiger partial charge in [-0.15, -0.1) is 0 Å². The van der Waals surface area contributed by atoms with E-state index in [1.807, 2.05) is 13.0 Å². The zero-order valence-corrected chi connectivity index (χ0v) is 12.8. The average Bonchev–Trinajstić information content (AvgIpc) is 2.40. The Labute approximate surface area is 131 Å². The minimum atomic E-state index is -0.523. The molecule has 0 bridgehead atoms. The van der Waals surface area contributed by atoms with Crippen LogP contribution in [-0.4, -0.2) is 16.8 Å². The highest BCUT2D eigenvalue weighted by Gasteiger charge is 2.11. The number of amides is 1. The van der Waals surface area contributed by atoms with Gasteiger partial charge in [-0.2, -0.15) is 0 Å². The zero-order valence-electron chi connectivity index (χ0n) is 11.2. The van der Waals surface area contributed by atoms with E-state index in [2.05, 4.69) is 22.2 Å². The first-order chi connectivity index (χ1) is 9.94. The van der Waals surface area contributed by atoms with Crippen LogP contribution in [0.3, 0.4) is 0 Å². The predicted octanol–water partition coefficient (Wildman–Crippen LogP) is 3.53. The Bertz CT molecular complexity index is 658. The number of carbonyl (C=O) groups excluding carboxylic acids is 1. The molecule has 1 heterocycles. The number of hydrogen-bond donors (Lipinski definition) is 2. The van der Waals surface area contributed by atoms with Gasteiger partial charge in [0, 0.05) is 17.1 Å². The number of aliphatic imine (C=N–C) groups is 1. The first-order valence-corrected chi connectivity index (χ1v) is 7.41. The number of anilines is 1. The summed E-state index contributed by atoms with van der Waals surface area (Å²) in [4.78, 5) is 16.1. The van der Waals surface area contributed by atoms with Gasteiger partial charge in [-0.25, -0.2) is 9.38 Å². The molecule has 0 aromatic heterocycles. The lowest BCUT2D eigenvalue weighted by atomic mass is 10.3. The van der Waals surface area contributed by atoms with Gasteiger partial charge in [0.1, 0.15) is 5.82 Å². The minimum Gasteiger partial charge on any atom is -0.335 e. The molecule has 2 rings (SSSR count). The van der Waals surface area contributed by atoms with Gasteiger partial charge in [-0.05, 0) is 31.2 Å². The van der Waals surface area contributed by atoms with Crippen LogP contribution in [0.1, 0.15) is 6.92 Å². The van der Waals surface area contributed by atoms with Gasteiger partial charge in [0.15, 0.2) is 5.17 Å². The summed E-state index contributed by atoms with van der Waals surface area (Å²) in [6.07, 6.45) is 1.81. The van der Waals surface area contributed by atoms with E-state index in [1.54, 1.807) is 0 Å². The van der Waals surface area contributed by atoms with Crippen molar-refractivity contribution in [1.29, 1.82) is 0 Å². The van der Waals surface area contributed by atoms with Crippen molar-refractivity contribution >= 4 is 40.1 Å². The topological polar surface area (TPSA) is 53.5 Å². The van der Waals surface area contributed by atoms with Crippen molar-refractivity contribution in [3.8, 4) is 0 Å². The molecule has 7 heteroatoms. The second-order valence-corrected chi connectivity index (χ2v) is 5.69. The molecule has 4 nitrogen and oxygen atoms in total. The molecular formula is C14H13ClFN3OS. The van der Waals surface area contributed by atoms with Crippen LogP contribution in [0.4, 0.5) is 10.1 Å². The summed E-state index contributed by atoms with van der Waals surface area (Å²) < 4.78 is 13.0. The predicted molar refractivity (Wildman–Crippen MR) is 86.0 cm³/mol. The maximum atomic E-state index is 13.0. The van der Waals surface area contributed by atoms with Crippen molar-refractivity contribution in [2.75, 3.05) is 11.1 Å². The minimum absolute atomic E-state index is 0.0316. The van der Waals surface area contributed by atoms with E-state index in [0.717, 1.165) is 11.4 Å². The largest absolute Gasteiger partial charge is 0.335 e. The Morgan fingerprint density at radius 1 is 1.57 bits per heavy atom. The monoisotopic (exact) mass is 325 g/mol. The number of carbonyl (C=O) groups is 1. The number of nitrogens with zero attached hydrogens (tertiary/aromatic N) is 1. The maximum absolute atomic E-state index is 13.0. The number of halogens is 2. The van der Waals surface area contributed by atoms with Crippen LogP contribution in [0, 0.1) is 5.82 Å². The van der Waals surface area contributed by atoms with Crippen LogP contribution >= 0.6 is 23.4 Å². The first-order valence-electron chi connectivity index (χ1n) is 6.04. The third-order valence-electron chi connectivity index (χ3n) is 2.47. The Hall–Kier alpha value is -1.79. The van der Waals surface area contributed by atoms with Gasteiger partial charge in [-0.3, -0.25) is 4.79 Å². The molecule has 21 heavy (non-hydrogen) atoms. The average molecular weight is 326 g/mol. The number of rotatable bonds is 3. The molecule has 0 atom stereocenters. The smallest absolute Gasteiger partial charge is 0.234 e. The quantitative estimate of drug-likeness (QED) is 0.894. The van der Waals surface area contributed by atoms with Gasteiger partial charge in [0.2, 0.25) is 5.91 Å². The molecule has 0 saturated carbocycles. The third kappa shape index (κ3) is 4.61. The van der Waals surface area contributed by atoms with Gasteiger partial charge < -0.3 is 10.6 Å². The lowest BCUT2D eigenvalue weighted by molar-refractivity contribution is -0.113. The van der Waals surface area contributed by atoms with Gasteiger partial charge >= 0.3 is 0 Å². The molecule has 0 saturated heterocycles. The molecule has 1 aromatic rings. The highest BCUT2D eigenvalue weighted by Crippen LogP contribution is 2.20. The highest BCUT2D eigenvalue weighted by molar-refractivity contribution is 8.14. The number of nitrogens with one attached hydrogen (secondary N) is 2. The summed E-state index contributed by atoms with van der Waals surface area (Å²) in [6, 6.07) is 4.02. The molecule has 1 aliphatic heterocycles. The maximum Gasteiger partial charge on any atom is 0.234 e. The van der Waals surface area contributed by atoms with Gasteiger partial charge in [-0.1, -0.05) is 29.9 Å². The number of thioether (sulfide) groups is 1. The van der Waals surface area contributed by atoms with Crippen LogP contribution in [0.15, 0.2) is 47.2 Å². The second-order valence-electron chi connectivity index (χ2n) is 4.32. The van der Waals surface area contributed by atoms with Crippen LogP contribution < -0.4 is 10.6 Å². The molecule has 0 spiro atoms. The van der Waals surface area contributed by atoms with E-state index in [-0.39, 0.29) is 16.7 Å². The Morgan fingerprint density at radius 2 is 2.33 bits per heavy atom. The summed E-state index contributed by atoms with van der Waals surface area (Å²) in [7, 11) is 0. The SMILES string of the molecule is C=C1C=C(C)N=C(SCC(=O)Nc2ccc(F)c(Cl)c2)N1. The summed E-state index contributed by atoms with van der Waals surface area (Å²) in [5, 5.41) is 6.20. The van der Waals surface area contributed by atoms with Crippen LogP contribution in [0.2, 0.25) is 5.02 Å². The summed E-state index contributed by atoms with van der Waals surface area (Å²) >= 11 is 6.91. The third-order valence-corrected chi connectivity index (χ3v) is 3.63. The van der Waals surface area contributed by atoms with Crippen molar-refractivity contribution in [3.05, 3.63) is 53.1 Å². The molecular weight excluding hydrogens is 313 g/mol. The fourth-order valence-electron chi connectivity index (χ4n) is 1.62. The molecule has 110 valence electrons. The van der Waals surface area contributed by atoms with E-state index >= 15 is 0 Å². The first kappa shape index (κ1) is 15.6. The van der Waals surface area contributed by atoms with Crippen molar-refractivity contribution in [2.45, 2.75) is 6.92 Å². The summed E-state index contributed by atoms with van der Waals surface area (Å²) in [5.41, 5.74) is 2.01. The van der Waals surface area contributed by atoms with Crippen LogP contribution in [-0.2, 0) is 4.79 Å². The van der Waals surface area contributed by atoms with Gasteiger partial charge in [0.25, 0.3) is 0 Å². The van der Waals surface area contributed by atoms with Crippen molar-refractivity contribution in [2.24, 2.45) is 4.99 Å². The molecule has 1 amide bonds. The van der Waals surface area contributed by atoms with Crippen LogP contribution in [0.25, 0.3) is 0 Å². The number of hydrogen-bond acceptors (Lipinski definition) is 4. The van der Waals surface area contributed by atoms with E-state index in [4.69, 9.17) is 11.6 Å². The fourth-order valence-corrected chi connectivity index (χ4v) is 2.55. The van der Waals surface area contributed by atoms with E-state index in [1.165, 1.54) is 30.0 Å². The second kappa shape index (κ2) is 6.78. The Kier molecular flexibility index (Phi) is 5.03. The molecule has 0 fully saturated rings. The number of allylic oxidation sites excluding steroid dienone is 2. The molecule has 1 aromatic carbocycles. The Morgan fingerprint density at radius 3 is 3.00 bits per heavy atom. The molecule has 0 radical (unpaired) electrons. The number of benzene rings is 1. The number of amidine groups is 1. The van der Waals surface area contributed by atoms with E-state index in [9.17, 15) is 9.18 Å². The van der Waals surface area contributed by atoms with Crippen molar-refractivity contribution in [1.82, 2.24) is 5.32 Å². The van der Waals surface area contributed by atoms with Crippen molar-refractivity contribution < 1.29 is 9.18 Å². The standard InChI is InChI=1S/C14H13ClFN3OS/c1-8-5-9(2)18-14(17-8)21-7-13(20)19-10-3-4-12(16)11(15)6-10/h3-6H,1,7H2,2H3,(H,17,18)(H,19,20). The molecule has 2 N–H and O–H groups in total. The van der Waals surface area contributed by atoms with Crippen LogP contribution in [0.5, 0.6) is 0 Å². The van der Waals surface area contributed by atoms with E-state index in [0.29, 0.717) is 10.9 Å². The summed E-state index contributed by atoms with van der Waals surface area (Å²) in [6.45, 7) is 5.65. The lowest BCUT2D eigenvalue weighted by Gasteiger charge is -2.14. The molecule has 0 unspecified atom stereocenters. The normalized spacial score (nSPS) is 14.1. The van der Waals surface area contributed by atoms with E-state index < -0.39 is 5.82 Å². The zero-order chi connectivity index (χ0) is 15.4. The lowest BCUT2D eigenvalue weighted by Crippen LogP contribution is -2.24. The summed E-state index contributed by atoms with van der Waals surface area (Å²) in [5.74, 6) is -0.586. The fraction of sp³-hybridized carbons (Fsp3) is 0.143. The Balaban J connectivity index is 1.89. The van der Waals surface area contributed by atoms with Crippen molar-refractivity contribution in [3.63, 3.8) is 0 Å². The highest BCUT2D eigenvalue weighted by atomic mass is 35.5.